The zero-order chi connectivity index (χ0) is 15.7. The number of hydrogen-bond donors (Lipinski definition) is 2. The van der Waals surface area contributed by atoms with E-state index in [4.69, 9.17) is 9.47 Å². The Morgan fingerprint density at radius 3 is 2.55 bits per heavy atom. The van der Waals surface area contributed by atoms with Gasteiger partial charge in [-0.2, -0.15) is 0 Å². The molecular weight excluding hydrogens is 395 g/mol. The molecule has 1 saturated heterocycles. The fourth-order valence-electron chi connectivity index (χ4n) is 2.47. The molecule has 2 N–H and O–H groups in total. The zero-order valence-corrected chi connectivity index (χ0v) is 16.9. The molecule has 1 fully saturated rings. The van der Waals surface area contributed by atoms with Gasteiger partial charge in [0.05, 0.1) is 19.8 Å². The fourth-order valence-corrected chi connectivity index (χ4v) is 2.47. The van der Waals surface area contributed by atoms with Gasteiger partial charge in [-0.15, -0.1) is 24.0 Å². The summed E-state index contributed by atoms with van der Waals surface area (Å²) < 4.78 is 10.4. The average Bonchev–Trinajstić information content (AvgIpc) is 2.82. The normalized spacial score (nSPS) is 22.7. The SMILES string of the molecule is CN=C(NCCOCCOC)NC1CN(C(C)C)CC1C.I. The molecule has 0 aliphatic carbocycles. The molecule has 0 spiro atoms. The molecule has 0 aromatic rings. The molecule has 0 radical (unpaired) electrons. The van der Waals surface area contributed by atoms with Crippen LogP contribution in [0.1, 0.15) is 20.8 Å². The summed E-state index contributed by atoms with van der Waals surface area (Å²) in [5, 5.41) is 6.81. The number of ether oxygens (including phenoxy) is 2. The summed E-state index contributed by atoms with van der Waals surface area (Å²) in [7, 11) is 3.48. The average molecular weight is 428 g/mol. The first-order valence-corrected chi connectivity index (χ1v) is 7.86. The van der Waals surface area contributed by atoms with Gasteiger partial charge in [0, 0.05) is 45.9 Å². The molecule has 132 valence electrons. The van der Waals surface area contributed by atoms with Crippen LogP contribution in [-0.2, 0) is 9.47 Å². The van der Waals surface area contributed by atoms with Gasteiger partial charge in [0.1, 0.15) is 0 Å². The number of nitrogens with one attached hydrogen (secondary N) is 2. The Morgan fingerprint density at radius 1 is 1.27 bits per heavy atom. The summed E-state index contributed by atoms with van der Waals surface area (Å²) in [4.78, 5) is 6.79. The second kappa shape index (κ2) is 12.3. The van der Waals surface area contributed by atoms with Gasteiger partial charge in [-0.25, -0.2) is 0 Å². The van der Waals surface area contributed by atoms with E-state index >= 15 is 0 Å². The molecule has 1 aliphatic heterocycles. The molecule has 22 heavy (non-hydrogen) atoms. The first-order chi connectivity index (χ1) is 10.1. The van der Waals surface area contributed by atoms with Gasteiger partial charge in [0.25, 0.3) is 0 Å². The Hall–Kier alpha value is -0.120. The topological polar surface area (TPSA) is 58.1 Å². The summed E-state index contributed by atoms with van der Waals surface area (Å²) in [5.74, 6) is 1.48. The minimum absolute atomic E-state index is 0. The summed E-state index contributed by atoms with van der Waals surface area (Å²) >= 11 is 0. The number of nitrogens with zero attached hydrogens (tertiary/aromatic N) is 2. The number of likely N-dealkylation sites (tertiary alicyclic amines) is 1. The van der Waals surface area contributed by atoms with Gasteiger partial charge in [-0.1, -0.05) is 6.92 Å². The van der Waals surface area contributed by atoms with E-state index in [1.807, 2.05) is 0 Å². The third-order valence-corrected chi connectivity index (χ3v) is 3.89. The standard InChI is InChI=1S/C15H32N4O2.HI/c1-12(2)19-10-13(3)14(11-19)18-15(16-4)17-6-7-21-9-8-20-5;/h12-14H,6-11H2,1-5H3,(H2,16,17,18);1H. The summed E-state index contributed by atoms with van der Waals surface area (Å²) in [6.07, 6.45) is 0. The van der Waals surface area contributed by atoms with E-state index in [2.05, 4.69) is 41.3 Å². The Balaban J connectivity index is 0.00000441. The number of methoxy groups -OCH3 is 1. The van der Waals surface area contributed by atoms with Gasteiger partial charge in [0.2, 0.25) is 0 Å². The van der Waals surface area contributed by atoms with Crippen molar-refractivity contribution in [3.05, 3.63) is 0 Å². The van der Waals surface area contributed by atoms with Crippen LogP contribution >= 0.6 is 24.0 Å². The highest BCUT2D eigenvalue weighted by molar-refractivity contribution is 14.0. The summed E-state index contributed by atoms with van der Waals surface area (Å²) in [5.41, 5.74) is 0. The Kier molecular flexibility index (Phi) is 12.3. The van der Waals surface area contributed by atoms with E-state index in [0.29, 0.717) is 37.8 Å². The number of guanidine groups is 1. The molecular formula is C15H33IN4O2. The number of halogens is 1. The smallest absolute Gasteiger partial charge is 0.191 e. The van der Waals surface area contributed by atoms with Crippen molar-refractivity contribution in [2.45, 2.75) is 32.9 Å². The second-order valence-corrected chi connectivity index (χ2v) is 5.88. The first kappa shape index (κ1) is 21.9. The van der Waals surface area contributed by atoms with Crippen LogP contribution in [0.15, 0.2) is 4.99 Å². The molecule has 7 heteroatoms. The van der Waals surface area contributed by atoms with E-state index < -0.39 is 0 Å². The van der Waals surface area contributed by atoms with Crippen LogP contribution < -0.4 is 10.6 Å². The van der Waals surface area contributed by atoms with Gasteiger partial charge >= 0.3 is 0 Å². The van der Waals surface area contributed by atoms with Crippen molar-refractivity contribution in [3.63, 3.8) is 0 Å². The maximum atomic E-state index is 5.43. The molecule has 2 unspecified atom stereocenters. The number of rotatable bonds is 8. The molecule has 0 saturated carbocycles. The van der Waals surface area contributed by atoms with Crippen molar-refractivity contribution in [2.24, 2.45) is 10.9 Å². The molecule has 1 rings (SSSR count). The van der Waals surface area contributed by atoms with Crippen molar-refractivity contribution in [1.29, 1.82) is 0 Å². The Morgan fingerprint density at radius 2 is 2.00 bits per heavy atom. The summed E-state index contributed by atoms with van der Waals surface area (Å²) in [6, 6.07) is 1.05. The fraction of sp³-hybridized carbons (Fsp3) is 0.933. The lowest BCUT2D eigenvalue weighted by Crippen LogP contribution is -2.47. The lowest BCUT2D eigenvalue weighted by atomic mass is 10.1. The minimum Gasteiger partial charge on any atom is -0.382 e. The highest BCUT2D eigenvalue weighted by Gasteiger charge is 2.31. The van der Waals surface area contributed by atoms with Crippen LogP contribution in [-0.4, -0.2) is 76.6 Å². The Bertz CT molecular complexity index is 316. The maximum absolute atomic E-state index is 5.43. The third-order valence-electron chi connectivity index (χ3n) is 3.89. The van der Waals surface area contributed by atoms with Gasteiger partial charge < -0.3 is 20.1 Å². The largest absolute Gasteiger partial charge is 0.382 e. The number of aliphatic imine (C=N–C) groups is 1. The van der Waals surface area contributed by atoms with Gasteiger partial charge in [-0.05, 0) is 19.8 Å². The molecule has 1 aliphatic rings. The molecule has 6 nitrogen and oxygen atoms in total. The van der Waals surface area contributed by atoms with Gasteiger partial charge in [-0.3, -0.25) is 9.89 Å². The lowest BCUT2D eigenvalue weighted by Gasteiger charge is -2.21. The quantitative estimate of drug-likeness (QED) is 0.263. The van der Waals surface area contributed by atoms with Crippen LogP contribution in [0.3, 0.4) is 0 Å². The van der Waals surface area contributed by atoms with Crippen LogP contribution in [0, 0.1) is 5.92 Å². The highest BCUT2D eigenvalue weighted by Crippen LogP contribution is 2.18. The first-order valence-electron chi connectivity index (χ1n) is 7.86. The van der Waals surface area contributed by atoms with Crippen molar-refractivity contribution in [3.8, 4) is 0 Å². The number of hydrogen-bond acceptors (Lipinski definition) is 4. The van der Waals surface area contributed by atoms with Crippen molar-refractivity contribution < 1.29 is 9.47 Å². The van der Waals surface area contributed by atoms with Crippen molar-refractivity contribution >= 4 is 29.9 Å². The van der Waals surface area contributed by atoms with E-state index in [1.54, 1.807) is 14.2 Å². The molecule has 0 bridgehead atoms. The summed E-state index contributed by atoms with van der Waals surface area (Å²) in [6.45, 7) is 11.7. The van der Waals surface area contributed by atoms with E-state index in [0.717, 1.165) is 25.6 Å². The molecule has 2 atom stereocenters. The van der Waals surface area contributed by atoms with Crippen LogP contribution in [0.5, 0.6) is 0 Å². The predicted molar refractivity (Wildman–Crippen MR) is 102 cm³/mol. The van der Waals surface area contributed by atoms with E-state index in [9.17, 15) is 0 Å². The van der Waals surface area contributed by atoms with Crippen LogP contribution in [0.4, 0.5) is 0 Å². The molecule has 1 heterocycles. The lowest BCUT2D eigenvalue weighted by molar-refractivity contribution is 0.0733. The predicted octanol–water partition coefficient (Wildman–Crippen LogP) is 1.16. The van der Waals surface area contributed by atoms with Gasteiger partial charge in [0.15, 0.2) is 5.96 Å². The minimum atomic E-state index is 0. The van der Waals surface area contributed by atoms with Crippen molar-refractivity contribution in [2.75, 3.05) is 53.6 Å². The van der Waals surface area contributed by atoms with E-state index in [-0.39, 0.29) is 24.0 Å². The van der Waals surface area contributed by atoms with E-state index in [1.165, 1.54) is 0 Å². The molecule has 0 amide bonds. The zero-order valence-electron chi connectivity index (χ0n) is 14.6. The highest BCUT2D eigenvalue weighted by atomic mass is 127. The Labute approximate surface area is 152 Å². The molecule has 0 aromatic carbocycles. The third kappa shape index (κ3) is 7.94. The van der Waals surface area contributed by atoms with Crippen LogP contribution in [0.25, 0.3) is 0 Å². The monoisotopic (exact) mass is 428 g/mol. The van der Waals surface area contributed by atoms with Crippen LogP contribution in [0.2, 0.25) is 0 Å². The maximum Gasteiger partial charge on any atom is 0.191 e. The van der Waals surface area contributed by atoms with Crippen molar-refractivity contribution in [1.82, 2.24) is 15.5 Å². The molecule has 0 aromatic heterocycles. The second-order valence-electron chi connectivity index (χ2n) is 5.88.